The number of methoxy groups -OCH3 is 1. The molecular formula is C23H28ClFO6. The van der Waals surface area contributed by atoms with Crippen LogP contribution in [0.1, 0.15) is 47.8 Å². The fourth-order valence-corrected chi connectivity index (χ4v) is 7.89. The molecule has 0 heterocycles. The summed E-state index contributed by atoms with van der Waals surface area (Å²) in [6, 6.07) is 0. The Balaban J connectivity index is 1.91. The van der Waals surface area contributed by atoms with Gasteiger partial charge in [0, 0.05) is 29.6 Å². The van der Waals surface area contributed by atoms with Gasteiger partial charge in [0.15, 0.2) is 7.15 Å². The summed E-state index contributed by atoms with van der Waals surface area (Å²) in [6.45, 7) is 5.19. The van der Waals surface area contributed by atoms with E-state index in [0.717, 1.165) is 0 Å². The molecular weight excluding hydrogens is 427 g/mol. The lowest BCUT2D eigenvalue weighted by molar-refractivity contribution is -0.207. The average Bonchev–Trinajstić information content (AvgIpc) is 2.92. The molecule has 170 valence electrons. The molecule has 1 N–H and O–H groups in total. The Morgan fingerprint density at radius 3 is 2.71 bits per heavy atom. The van der Waals surface area contributed by atoms with Crippen LogP contribution in [0.2, 0.25) is 0 Å². The number of halogens is 2. The minimum Gasteiger partial charge on any atom is -0.466 e. The third-order valence-electron chi connectivity index (χ3n) is 8.89. The average molecular weight is 457 g/mol. The number of allylic oxidation sites excluding steroid dienone is 4. The Morgan fingerprint density at radius 1 is 1.42 bits per heavy atom. The summed E-state index contributed by atoms with van der Waals surface area (Å²) in [6.07, 6.45) is 0.567. The molecule has 0 radical (unpaired) electrons. The number of fused-ring (bicyclic) bond motifs is 5. The van der Waals surface area contributed by atoms with Crippen LogP contribution in [0.5, 0.6) is 0 Å². The van der Waals surface area contributed by atoms with Crippen LogP contribution in [0.25, 0.3) is 0 Å². The highest BCUT2D eigenvalue weighted by Gasteiger charge is 2.77. The topological polar surface area (TPSA) is 89.9 Å². The Kier molecular flexibility index (Phi) is 4.69. The lowest BCUT2D eigenvalue weighted by atomic mass is 9.46. The molecule has 3 unspecified atom stereocenters. The van der Waals surface area contributed by atoms with Gasteiger partial charge in [-0.2, -0.15) is 0 Å². The van der Waals surface area contributed by atoms with Crippen LogP contribution in [-0.2, 0) is 23.9 Å². The summed E-state index contributed by atoms with van der Waals surface area (Å²) in [5.74, 6) is -3.01. The summed E-state index contributed by atoms with van der Waals surface area (Å²) in [4.78, 5) is 35.5. The second kappa shape index (κ2) is 6.88. The normalized spacial score (nSPS) is 49.0. The summed E-state index contributed by atoms with van der Waals surface area (Å²) < 4.78 is 33.3. The molecule has 4 aliphatic rings. The molecule has 6 nitrogen and oxygen atoms in total. The lowest BCUT2D eigenvalue weighted by Crippen LogP contribution is -2.69. The molecule has 4 rings (SSSR count). The van der Waals surface area contributed by atoms with Gasteiger partial charge in [-0.1, -0.05) is 26.8 Å². The first-order valence-electron chi connectivity index (χ1n) is 11.0. The number of hydrogen-bond acceptors (Lipinski definition) is 6. The molecule has 8 heteroatoms. The Bertz CT molecular complexity index is 966. The smallest absolute Gasteiger partial charge is 0.351 e. The van der Waals surface area contributed by atoms with Gasteiger partial charge in [-0.15, -0.1) is 11.6 Å². The van der Waals surface area contributed by atoms with E-state index in [2.05, 4.69) is 0 Å². The number of aliphatic hydroxyl groups excluding tert-OH is 1. The van der Waals surface area contributed by atoms with E-state index < -0.39 is 63.4 Å². The van der Waals surface area contributed by atoms with Crippen molar-refractivity contribution in [3.8, 4) is 0 Å². The quantitative estimate of drug-likeness (QED) is 0.389. The minimum atomic E-state index is -1.80. The van der Waals surface area contributed by atoms with E-state index in [1.54, 1.807) is 26.8 Å². The zero-order valence-corrected chi connectivity index (χ0v) is 18.8. The van der Waals surface area contributed by atoms with Crippen molar-refractivity contribution in [2.24, 2.45) is 28.6 Å². The molecule has 8 atom stereocenters. The fourth-order valence-electron chi connectivity index (χ4n) is 7.41. The van der Waals surface area contributed by atoms with Crippen molar-refractivity contribution in [3.63, 3.8) is 0 Å². The van der Waals surface area contributed by atoms with Crippen molar-refractivity contribution in [2.75, 3.05) is 7.11 Å². The first-order chi connectivity index (χ1) is 14.8. The predicted molar refractivity (Wildman–Crippen MR) is 110 cm³/mol. The van der Waals surface area contributed by atoms with Gasteiger partial charge in [-0.3, -0.25) is 9.59 Å². The standard InChI is InChI=1S/C23H28ClFO6/c1-12-7-14-15-9-17(25)16-8-13(27)5-6-20(16,2)22(15,24)18(28)10-21(14,3)23(12,31-11-26)19(29)30-4/h5-6,11-12,14-15,18,28H,7-10H2,1-4H3/t12?,14?,15?,18-,20-,21-,22-,23-/m0/s1/i11T. The second-order valence-electron chi connectivity index (χ2n) is 9.93. The molecule has 4 aliphatic carbocycles. The Morgan fingerprint density at radius 2 is 2.10 bits per heavy atom. The molecule has 0 saturated heterocycles. The number of carbonyl (C=O) groups excluding carboxylic acids is 3. The van der Waals surface area contributed by atoms with Gasteiger partial charge in [0.05, 0.1) is 18.1 Å². The van der Waals surface area contributed by atoms with E-state index in [0.29, 0.717) is 12.0 Å². The Labute approximate surface area is 187 Å². The van der Waals surface area contributed by atoms with E-state index in [4.69, 9.17) is 22.4 Å². The van der Waals surface area contributed by atoms with Crippen molar-refractivity contribution in [1.82, 2.24) is 0 Å². The van der Waals surface area contributed by atoms with Gasteiger partial charge in [-0.25, -0.2) is 9.18 Å². The van der Waals surface area contributed by atoms with E-state index in [1.807, 2.05) is 0 Å². The van der Waals surface area contributed by atoms with Crippen molar-refractivity contribution < 1.29 is 34.7 Å². The maximum atomic E-state index is 15.5. The number of carbonyl (C=O) groups is 3. The lowest BCUT2D eigenvalue weighted by Gasteiger charge is -2.63. The van der Waals surface area contributed by atoms with Gasteiger partial charge < -0.3 is 14.6 Å². The van der Waals surface area contributed by atoms with Crippen LogP contribution in [0.3, 0.4) is 0 Å². The van der Waals surface area contributed by atoms with Crippen LogP contribution in [0.4, 0.5) is 4.39 Å². The van der Waals surface area contributed by atoms with E-state index in [1.165, 1.54) is 13.2 Å². The molecule has 0 amide bonds. The van der Waals surface area contributed by atoms with Crippen LogP contribution >= 0.6 is 11.6 Å². The van der Waals surface area contributed by atoms with Crippen molar-refractivity contribution >= 4 is 29.8 Å². The van der Waals surface area contributed by atoms with Gasteiger partial charge >= 0.3 is 5.97 Å². The highest BCUT2D eigenvalue weighted by Crippen LogP contribution is 2.72. The van der Waals surface area contributed by atoms with E-state index in [9.17, 15) is 19.5 Å². The number of ether oxygens (including phenoxy) is 2. The van der Waals surface area contributed by atoms with Gasteiger partial charge in [0.1, 0.15) is 5.83 Å². The number of ketones is 1. The molecule has 0 aromatic carbocycles. The van der Waals surface area contributed by atoms with Crippen molar-refractivity contribution in [2.45, 2.75) is 63.0 Å². The van der Waals surface area contributed by atoms with Gasteiger partial charge in [0.2, 0.25) is 5.60 Å². The summed E-state index contributed by atoms with van der Waals surface area (Å²) in [5.41, 5.74) is -3.74. The molecule has 31 heavy (non-hydrogen) atoms. The summed E-state index contributed by atoms with van der Waals surface area (Å²) >= 11 is 7.27. The van der Waals surface area contributed by atoms with E-state index in [-0.39, 0.29) is 25.0 Å². The van der Waals surface area contributed by atoms with Crippen molar-refractivity contribution in [3.05, 3.63) is 23.6 Å². The molecule has 0 aromatic heterocycles. The highest BCUT2D eigenvalue weighted by molar-refractivity contribution is 6.26. The third kappa shape index (κ3) is 2.45. The zero-order valence-electron chi connectivity index (χ0n) is 19.0. The second-order valence-corrected chi connectivity index (χ2v) is 10.6. The SMILES string of the molecule is [3H]C(=O)O[C@]1(C(=O)OC)C(C)CC2C3CC(F)=C4CC(=O)C=C[C@]4(C)[C@@]3(Cl)[C@@H](O)C[C@@]21C. The number of esters is 1. The number of alkyl halides is 1. The summed E-state index contributed by atoms with van der Waals surface area (Å²) in [7, 11) is 1.18. The molecule has 2 saturated carbocycles. The van der Waals surface area contributed by atoms with Crippen molar-refractivity contribution in [1.29, 1.82) is 0 Å². The molecule has 0 aliphatic heterocycles. The Hall–Kier alpha value is -1.73. The first-order valence-corrected chi connectivity index (χ1v) is 10.9. The van der Waals surface area contributed by atoms with Crippen LogP contribution in [0, 0.1) is 28.6 Å². The predicted octanol–water partition coefficient (Wildman–Crippen LogP) is 3.25. The summed E-state index contributed by atoms with van der Waals surface area (Å²) in [5, 5.41) is 11.5. The number of aliphatic hydroxyl groups is 1. The van der Waals surface area contributed by atoms with Gasteiger partial charge in [-0.05, 0) is 36.3 Å². The van der Waals surface area contributed by atoms with Crippen LogP contribution in [-0.4, -0.2) is 47.0 Å². The number of hydrogen-bond donors (Lipinski definition) is 1. The largest absolute Gasteiger partial charge is 0.466 e. The number of rotatable bonds is 2. The van der Waals surface area contributed by atoms with Crippen LogP contribution in [0.15, 0.2) is 23.6 Å². The monoisotopic (exact) mass is 456 g/mol. The molecule has 0 aromatic rings. The highest BCUT2D eigenvalue weighted by atomic mass is 35.5. The molecule has 2 fully saturated rings. The zero-order chi connectivity index (χ0) is 23.9. The third-order valence-corrected chi connectivity index (χ3v) is 9.82. The van der Waals surface area contributed by atoms with Gasteiger partial charge in [0.25, 0.3) is 6.45 Å². The first kappa shape index (κ1) is 21.1. The fraction of sp³-hybridized carbons (Fsp3) is 0.696. The maximum absolute atomic E-state index is 15.5. The molecule has 0 spiro atoms. The molecule has 0 bridgehead atoms. The maximum Gasteiger partial charge on any atom is 0.351 e. The van der Waals surface area contributed by atoms with E-state index >= 15 is 4.39 Å². The van der Waals surface area contributed by atoms with Crippen LogP contribution < -0.4 is 0 Å². The minimum absolute atomic E-state index is 0.0172.